The van der Waals surface area contributed by atoms with E-state index in [1.165, 1.54) is 0 Å². The van der Waals surface area contributed by atoms with E-state index in [1.807, 2.05) is 6.08 Å². The standard InChI is InChI=1S/C12H15N5O4/c1-4-3-6-7(10(5(4)2)17(20)21)14-9-8(13-6)11(18)15-16-12(9)19/h3,6-8,11,13,15,18H,1-2H3,(H,16,19). The molecule has 21 heavy (non-hydrogen) atoms. The van der Waals surface area contributed by atoms with Gasteiger partial charge >= 0.3 is 0 Å². The number of carbonyl (C=O) groups excluding carboxylic acids is 1. The van der Waals surface area contributed by atoms with E-state index in [0.29, 0.717) is 5.57 Å². The van der Waals surface area contributed by atoms with Crippen LogP contribution >= 0.6 is 0 Å². The van der Waals surface area contributed by atoms with E-state index in [-0.39, 0.29) is 11.4 Å². The van der Waals surface area contributed by atoms with Crippen LogP contribution in [0.15, 0.2) is 27.9 Å². The molecule has 1 amide bonds. The second-order valence-corrected chi connectivity index (χ2v) is 5.29. The number of nitrogens with zero attached hydrogens (tertiary/aromatic N) is 2. The molecule has 0 aromatic rings. The van der Waals surface area contributed by atoms with E-state index in [9.17, 15) is 20.0 Å². The first-order chi connectivity index (χ1) is 9.90. The molecule has 1 saturated heterocycles. The Balaban J connectivity index is 2.09. The Morgan fingerprint density at radius 3 is 2.81 bits per heavy atom. The summed E-state index contributed by atoms with van der Waals surface area (Å²) in [5.41, 5.74) is 6.11. The Morgan fingerprint density at radius 2 is 2.14 bits per heavy atom. The van der Waals surface area contributed by atoms with Crippen LogP contribution in [0.5, 0.6) is 0 Å². The number of aliphatic imine (C=N–C) groups is 1. The van der Waals surface area contributed by atoms with Crippen molar-refractivity contribution in [3.8, 4) is 0 Å². The number of hydrazine groups is 1. The van der Waals surface area contributed by atoms with Gasteiger partial charge in [0, 0.05) is 5.57 Å². The maximum absolute atomic E-state index is 11.8. The highest BCUT2D eigenvalue weighted by molar-refractivity contribution is 6.41. The highest BCUT2D eigenvalue weighted by Gasteiger charge is 2.46. The van der Waals surface area contributed by atoms with Gasteiger partial charge in [0.25, 0.3) is 11.6 Å². The summed E-state index contributed by atoms with van der Waals surface area (Å²) in [6, 6.07) is -1.90. The molecule has 0 spiro atoms. The third-order valence-corrected chi connectivity index (χ3v) is 4.05. The summed E-state index contributed by atoms with van der Waals surface area (Å²) in [6.07, 6.45) is 0.800. The van der Waals surface area contributed by atoms with E-state index >= 15 is 0 Å². The summed E-state index contributed by atoms with van der Waals surface area (Å²) in [5.74, 6) is -0.497. The van der Waals surface area contributed by atoms with Crippen molar-refractivity contribution in [3.05, 3.63) is 33.0 Å². The average Bonchev–Trinajstić information content (AvgIpc) is 2.43. The number of aliphatic hydroxyl groups is 1. The molecule has 2 heterocycles. The van der Waals surface area contributed by atoms with E-state index in [4.69, 9.17) is 0 Å². The van der Waals surface area contributed by atoms with E-state index < -0.39 is 35.2 Å². The molecule has 9 heteroatoms. The zero-order chi connectivity index (χ0) is 15.3. The van der Waals surface area contributed by atoms with Gasteiger partial charge in [0.05, 0.1) is 17.0 Å². The lowest BCUT2D eigenvalue weighted by Crippen LogP contribution is -2.70. The van der Waals surface area contributed by atoms with Gasteiger partial charge in [-0.25, -0.2) is 5.43 Å². The van der Waals surface area contributed by atoms with Crippen molar-refractivity contribution in [1.82, 2.24) is 16.2 Å². The second-order valence-electron chi connectivity index (χ2n) is 5.29. The monoisotopic (exact) mass is 293 g/mol. The van der Waals surface area contributed by atoms with Crippen LogP contribution in [-0.4, -0.2) is 46.0 Å². The first kappa shape index (κ1) is 13.9. The van der Waals surface area contributed by atoms with Crippen LogP contribution in [0.3, 0.4) is 0 Å². The van der Waals surface area contributed by atoms with Crippen molar-refractivity contribution in [2.45, 2.75) is 38.2 Å². The minimum absolute atomic E-state index is 0.0146. The van der Waals surface area contributed by atoms with Crippen molar-refractivity contribution < 1.29 is 14.8 Å². The predicted octanol–water partition coefficient (Wildman–Crippen LogP) is -1.40. The fraction of sp³-hybridized carbons (Fsp3) is 0.500. The molecule has 1 fully saturated rings. The smallest absolute Gasteiger partial charge is 0.281 e. The van der Waals surface area contributed by atoms with Crippen LogP contribution in [0, 0.1) is 10.1 Å². The number of nitro groups is 1. The number of nitrogens with one attached hydrogen (secondary N) is 3. The largest absolute Gasteiger partial charge is 0.375 e. The number of hydrogen-bond donors (Lipinski definition) is 4. The minimum Gasteiger partial charge on any atom is -0.375 e. The maximum atomic E-state index is 11.8. The molecule has 0 radical (unpaired) electrons. The molecular formula is C12H15N5O4. The maximum Gasteiger partial charge on any atom is 0.281 e. The highest BCUT2D eigenvalue weighted by Crippen LogP contribution is 2.30. The van der Waals surface area contributed by atoms with Gasteiger partial charge in [-0.15, -0.1) is 0 Å². The Hall–Kier alpha value is -2.10. The highest BCUT2D eigenvalue weighted by atomic mass is 16.6. The SMILES string of the molecule is CC1=CC2NC3C(=NC2C([N+](=O)[O-])=C1C)C(=O)NNC3O. The fourth-order valence-corrected chi connectivity index (χ4v) is 2.85. The molecule has 2 aliphatic heterocycles. The number of amides is 1. The minimum atomic E-state index is -1.04. The summed E-state index contributed by atoms with van der Waals surface area (Å²) in [5, 5.41) is 24.3. The first-order valence-corrected chi connectivity index (χ1v) is 6.51. The lowest BCUT2D eigenvalue weighted by molar-refractivity contribution is -0.431. The molecule has 3 rings (SSSR count). The Morgan fingerprint density at radius 1 is 1.43 bits per heavy atom. The Bertz CT molecular complexity index is 623. The van der Waals surface area contributed by atoms with Crippen LogP contribution in [0.1, 0.15) is 13.8 Å². The summed E-state index contributed by atoms with van der Waals surface area (Å²) >= 11 is 0. The van der Waals surface area contributed by atoms with Crippen molar-refractivity contribution in [2.24, 2.45) is 4.99 Å². The average molecular weight is 293 g/mol. The summed E-state index contributed by atoms with van der Waals surface area (Å²) in [4.78, 5) is 26.9. The van der Waals surface area contributed by atoms with Crippen LogP contribution in [-0.2, 0) is 4.79 Å². The van der Waals surface area contributed by atoms with Crippen LogP contribution < -0.4 is 16.2 Å². The summed E-state index contributed by atoms with van der Waals surface area (Å²) in [7, 11) is 0. The topological polar surface area (TPSA) is 129 Å². The third kappa shape index (κ3) is 2.06. The molecule has 1 aliphatic carbocycles. The van der Waals surface area contributed by atoms with Gasteiger partial charge in [-0.1, -0.05) is 6.08 Å². The lowest BCUT2D eigenvalue weighted by Gasteiger charge is -2.39. The molecule has 4 N–H and O–H groups in total. The Labute approximate surface area is 119 Å². The zero-order valence-corrected chi connectivity index (χ0v) is 11.5. The summed E-state index contributed by atoms with van der Waals surface area (Å²) < 4.78 is 0. The van der Waals surface area contributed by atoms with Crippen molar-refractivity contribution in [3.63, 3.8) is 0 Å². The summed E-state index contributed by atoms with van der Waals surface area (Å²) in [6.45, 7) is 3.46. The molecule has 4 atom stereocenters. The van der Waals surface area contributed by atoms with Crippen LogP contribution in [0.4, 0.5) is 0 Å². The number of allylic oxidation sites excluding steroid dienone is 2. The first-order valence-electron chi connectivity index (χ1n) is 6.51. The lowest BCUT2D eigenvalue weighted by atomic mass is 9.87. The van der Waals surface area contributed by atoms with Crippen LogP contribution in [0.2, 0.25) is 0 Å². The predicted molar refractivity (Wildman–Crippen MR) is 72.7 cm³/mol. The molecule has 0 aromatic heterocycles. The second kappa shape index (κ2) is 4.72. The van der Waals surface area contributed by atoms with Crippen molar-refractivity contribution in [1.29, 1.82) is 0 Å². The molecule has 9 nitrogen and oxygen atoms in total. The van der Waals surface area contributed by atoms with Gasteiger partial charge in [0.15, 0.2) is 6.04 Å². The van der Waals surface area contributed by atoms with Gasteiger partial charge < -0.3 is 5.11 Å². The molecule has 4 unspecified atom stereocenters. The van der Waals surface area contributed by atoms with E-state index in [2.05, 4.69) is 21.2 Å². The molecule has 0 aromatic carbocycles. The molecule has 3 aliphatic rings. The zero-order valence-electron chi connectivity index (χ0n) is 11.5. The van der Waals surface area contributed by atoms with Gasteiger partial charge in [0.2, 0.25) is 0 Å². The molecule has 0 saturated carbocycles. The van der Waals surface area contributed by atoms with Gasteiger partial charge in [0.1, 0.15) is 11.9 Å². The van der Waals surface area contributed by atoms with E-state index in [1.54, 1.807) is 13.8 Å². The van der Waals surface area contributed by atoms with E-state index in [0.717, 1.165) is 5.57 Å². The quantitative estimate of drug-likeness (QED) is 0.347. The Kier molecular flexibility index (Phi) is 3.12. The fourth-order valence-electron chi connectivity index (χ4n) is 2.85. The molecular weight excluding hydrogens is 278 g/mol. The molecule has 112 valence electrons. The number of fused-ring (bicyclic) bond motifs is 2. The third-order valence-electron chi connectivity index (χ3n) is 4.05. The van der Waals surface area contributed by atoms with Gasteiger partial charge in [-0.3, -0.25) is 30.6 Å². The van der Waals surface area contributed by atoms with Gasteiger partial charge in [-0.2, -0.15) is 0 Å². The van der Waals surface area contributed by atoms with Crippen molar-refractivity contribution >= 4 is 11.6 Å². The van der Waals surface area contributed by atoms with Crippen LogP contribution in [0.25, 0.3) is 0 Å². The van der Waals surface area contributed by atoms with Crippen molar-refractivity contribution in [2.75, 3.05) is 0 Å². The number of rotatable bonds is 1. The molecule has 0 bridgehead atoms. The van der Waals surface area contributed by atoms with Gasteiger partial charge in [-0.05, 0) is 19.4 Å². The number of aliphatic hydroxyl groups excluding tert-OH is 1. The number of carbonyl (C=O) groups is 1. The number of hydrogen-bond acceptors (Lipinski definition) is 7. The normalized spacial score (nSPS) is 35.3.